The van der Waals surface area contributed by atoms with Gasteiger partial charge < -0.3 is 15.5 Å². The van der Waals surface area contributed by atoms with Crippen LogP contribution in [0.15, 0.2) is 11.2 Å². The summed E-state index contributed by atoms with van der Waals surface area (Å²) in [4.78, 5) is 24.3. The molecule has 8 heteroatoms. The molecule has 0 aromatic carbocycles. The lowest BCUT2D eigenvalue weighted by Gasteiger charge is -2.20. The summed E-state index contributed by atoms with van der Waals surface area (Å²) < 4.78 is 0. The maximum Gasteiger partial charge on any atom is 0.222 e. The number of nitrogens with zero attached hydrogens (tertiary/aromatic N) is 3. The highest BCUT2D eigenvalue weighted by Crippen LogP contribution is 2.14. The first kappa shape index (κ1) is 23.1. The molecule has 1 aromatic heterocycles. The van der Waals surface area contributed by atoms with Crippen LogP contribution in [-0.2, 0) is 17.8 Å². The lowest BCUT2D eigenvalue weighted by molar-refractivity contribution is -0.130. The third kappa shape index (κ3) is 8.20. The number of carbonyl (C=O) groups excluding carboxylic acids is 1. The first-order valence-electron chi connectivity index (χ1n) is 9.46. The fourth-order valence-corrected chi connectivity index (χ4v) is 3.61. The number of hydrogen-bond acceptors (Lipinski definition) is 4. The van der Waals surface area contributed by atoms with E-state index in [0.29, 0.717) is 18.9 Å². The van der Waals surface area contributed by atoms with Gasteiger partial charge >= 0.3 is 0 Å². The lowest BCUT2D eigenvalue weighted by atomic mass is 10.2. The summed E-state index contributed by atoms with van der Waals surface area (Å²) in [5.41, 5.74) is 0. The van der Waals surface area contributed by atoms with Crippen molar-refractivity contribution in [3.05, 3.63) is 16.1 Å². The van der Waals surface area contributed by atoms with Crippen molar-refractivity contribution < 1.29 is 4.79 Å². The molecule has 1 fully saturated rings. The van der Waals surface area contributed by atoms with E-state index in [1.165, 1.54) is 11.3 Å². The summed E-state index contributed by atoms with van der Waals surface area (Å²) >= 11 is 1.72. The molecule has 2 rings (SSSR count). The van der Waals surface area contributed by atoms with Crippen LogP contribution in [-0.4, -0.2) is 47.9 Å². The number of carbonyl (C=O) groups is 1. The molecule has 2 heterocycles. The quantitative estimate of drug-likeness (QED) is 0.253. The van der Waals surface area contributed by atoms with Crippen LogP contribution in [0.3, 0.4) is 0 Å². The van der Waals surface area contributed by atoms with Gasteiger partial charge in [-0.25, -0.2) is 9.98 Å². The summed E-state index contributed by atoms with van der Waals surface area (Å²) in [5, 5.41) is 7.67. The Morgan fingerprint density at radius 3 is 2.88 bits per heavy atom. The second kappa shape index (κ2) is 13.3. The number of thiazole rings is 1. The van der Waals surface area contributed by atoms with Crippen LogP contribution in [0.1, 0.15) is 55.8 Å². The molecule has 0 unspecified atom stereocenters. The van der Waals surface area contributed by atoms with Crippen molar-refractivity contribution in [2.75, 3.05) is 26.2 Å². The molecular formula is C18H32IN5OS. The molecular weight excluding hydrogens is 461 g/mol. The molecule has 2 N–H and O–H groups in total. The maximum atomic E-state index is 12.0. The van der Waals surface area contributed by atoms with Crippen LogP contribution in [0.5, 0.6) is 0 Å². The molecule has 0 atom stereocenters. The maximum absolute atomic E-state index is 12.0. The Balaban J connectivity index is 0.00000338. The summed E-state index contributed by atoms with van der Waals surface area (Å²) in [5.74, 6) is 1.13. The van der Waals surface area contributed by atoms with Gasteiger partial charge in [-0.3, -0.25) is 4.79 Å². The number of guanidine groups is 1. The monoisotopic (exact) mass is 493 g/mol. The summed E-state index contributed by atoms with van der Waals surface area (Å²) in [6.07, 6.45) is 7.97. The zero-order chi connectivity index (χ0) is 17.9. The minimum absolute atomic E-state index is 0. The van der Waals surface area contributed by atoms with E-state index >= 15 is 0 Å². The van der Waals surface area contributed by atoms with Crippen molar-refractivity contribution in [3.63, 3.8) is 0 Å². The zero-order valence-electron chi connectivity index (χ0n) is 15.9. The SMILES string of the molecule is CCNC(=NCc1ncc(CC)s1)NCCCN1CCCCCC1=O.I. The number of nitrogens with one attached hydrogen (secondary N) is 2. The van der Waals surface area contributed by atoms with Gasteiger partial charge in [-0.2, -0.15) is 0 Å². The van der Waals surface area contributed by atoms with Crippen LogP contribution in [0.4, 0.5) is 0 Å². The largest absolute Gasteiger partial charge is 0.357 e. The van der Waals surface area contributed by atoms with Crippen LogP contribution in [0.2, 0.25) is 0 Å². The highest BCUT2D eigenvalue weighted by molar-refractivity contribution is 14.0. The van der Waals surface area contributed by atoms with E-state index in [1.807, 2.05) is 11.1 Å². The highest BCUT2D eigenvalue weighted by atomic mass is 127. The number of halogens is 1. The lowest BCUT2D eigenvalue weighted by Crippen LogP contribution is -2.39. The van der Waals surface area contributed by atoms with Crippen molar-refractivity contribution in [2.24, 2.45) is 4.99 Å². The molecule has 148 valence electrons. The second-order valence-corrected chi connectivity index (χ2v) is 7.44. The van der Waals surface area contributed by atoms with Gasteiger partial charge in [0.1, 0.15) is 5.01 Å². The van der Waals surface area contributed by atoms with Crippen molar-refractivity contribution in [3.8, 4) is 0 Å². The highest BCUT2D eigenvalue weighted by Gasteiger charge is 2.15. The van der Waals surface area contributed by atoms with Crippen molar-refractivity contribution in [1.82, 2.24) is 20.5 Å². The van der Waals surface area contributed by atoms with E-state index < -0.39 is 0 Å². The number of rotatable bonds is 8. The van der Waals surface area contributed by atoms with Crippen LogP contribution >= 0.6 is 35.3 Å². The Kier molecular flexibility index (Phi) is 11.8. The van der Waals surface area contributed by atoms with Crippen molar-refractivity contribution in [1.29, 1.82) is 0 Å². The number of aromatic nitrogens is 1. The molecule has 1 aromatic rings. The minimum Gasteiger partial charge on any atom is -0.357 e. The van der Waals surface area contributed by atoms with E-state index in [9.17, 15) is 4.79 Å². The Hall–Kier alpha value is -0.900. The molecule has 0 spiro atoms. The Labute approximate surface area is 178 Å². The van der Waals surface area contributed by atoms with Gasteiger partial charge in [-0.05, 0) is 32.6 Å². The van der Waals surface area contributed by atoms with E-state index in [4.69, 9.17) is 0 Å². The first-order chi connectivity index (χ1) is 12.2. The number of aliphatic imine (C=N–C) groups is 1. The van der Waals surface area contributed by atoms with Crippen molar-refractivity contribution in [2.45, 2.75) is 58.9 Å². The third-order valence-corrected chi connectivity index (χ3v) is 5.36. The van der Waals surface area contributed by atoms with Gasteiger partial charge in [0.25, 0.3) is 0 Å². The number of amides is 1. The van der Waals surface area contributed by atoms with Crippen LogP contribution < -0.4 is 10.6 Å². The number of likely N-dealkylation sites (tertiary alicyclic amines) is 1. The molecule has 1 aliphatic rings. The standard InChI is InChI=1S/C18H31N5OS.HI/c1-3-15-13-21-16(25-15)14-22-18(19-4-2)20-10-8-12-23-11-7-5-6-9-17(23)24;/h13H,3-12,14H2,1-2H3,(H2,19,20,22);1H. The van der Waals surface area contributed by atoms with E-state index in [0.717, 1.165) is 62.8 Å². The fraction of sp³-hybridized carbons (Fsp3) is 0.722. The molecule has 0 bridgehead atoms. The second-order valence-electron chi connectivity index (χ2n) is 6.24. The molecule has 0 radical (unpaired) electrons. The van der Waals surface area contributed by atoms with Gasteiger partial charge in [-0.1, -0.05) is 13.3 Å². The molecule has 1 aliphatic heterocycles. The number of aryl methyl sites for hydroxylation is 1. The van der Waals surface area contributed by atoms with Crippen molar-refractivity contribution >= 4 is 47.2 Å². The Bertz CT molecular complexity index is 564. The average molecular weight is 493 g/mol. The van der Waals surface area contributed by atoms with Gasteiger partial charge in [-0.15, -0.1) is 35.3 Å². The predicted octanol–water partition coefficient (Wildman–Crippen LogP) is 3.17. The van der Waals surface area contributed by atoms with Gasteiger partial charge in [0.15, 0.2) is 5.96 Å². The van der Waals surface area contributed by atoms with Crippen LogP contribution in [0, 0.1) is 0 Å². The number of hydrogen-bond donors (Lipinski definition) is 2. The predicted molar refractivity (Wildman–Crippen MR) is 119 cm³/mol. The Morgan fingerprint density at radius 2 is 2.15 bits per heavy atom. The molecule has 26 heavy (non-hydrogen) atoms. The summed E-state index contributed by atoms with van der Waals surface area (Å²) in [7, 11) is 0. The van der Waals surface area contributed by atoms with Gasteiger partial charge in [0, 0.05) is 43.7 Å². The summed E-state index contributed by atoms with van der Waals surface area (Å²) in [6, 6.07) is 0. The molecule has 0 saturated carbocycles. The molecule has 0 aliphatic carbocycles. The molecule has 1 amide bonds. The zero-order valence-corrected chi connectivity index (χ0v) is 19.1. The molecule has 1 saturated heterocycles. The third-order valence-electron chi connectivity index (χ3n) is 4.24. The molecule has 6 nitrogen and oxygen atoms in total. The van der Waals surface area contributed by atoms with Gasteiger partial charge in [0.05, 0.1) is 6.54 Å². The average Bonchev–Trinajstić information content (AvgIpc) is 2.99. The normalized spacial score (nSPS) is 15.4. The summed E-state index contributed by atoms with van der Waals surface area (Å²) in [6.45, 7) is 8.19. The topological polar surface area (TPSA) is 69.6 Å². The first-order valence-corrected chi connectivity index (χ1v) is 10.3. The van der Waals surface area contributed by atoms with Crippen LogP contribution in [0.25, 0.3) is 0 Å². The Morgan fingerprint density at radius 1 is 1.31 bits per heavy atom. The van der Waals surface area contributed by atoms with E-state index in [1.54, 1.807) is 11.3 Å². The smallest absolute Gasteiger partial charge is 0.222 e. The van der Waals surface area contributed by atoms with E-state index in [-0.39, 0.29) is 24.0 Å². The fourth-order valence-electron chi connectivity index (χ4n) is 2.82. The minimum atomic E-state index is 0. The van der Waals surface area contributed by atoms with Gasteiger partial charge in [0.2, 0.25) is 5.91 Å². The van der Waals surface area contributed by atoms with E-state index in [2.05, 4.69) is 34.5 Å².